The fraction of sp³-hybridized carbons (Fsp3) is 0.156. The number of hydrogen-bond donors (Lipinski definition) is 0. The maximum Gasteiger partial charge on any atom is 0.573 e. The van der Waals surface area contributed by atoms with Gasteiger partial charge in [0.15, 0.2) is 26.9 Å². The maximum absolute atomic E-state index is 13.5. The van der Waals surface area contributed by atoms with Gasteiger partial charge in [-0.1, -0.05) is 11.8 Å². The van der Waals surface area contributed by atoms with Gasteiger partial charge in [-0.3, -0.25) is 0 Å². The van der Waals surface area contributed by atoms with Crippen LogP contribution in [-0.2, 0) is 20.4 Å². The van der Waals surface area contributed by atoms with Gasteiger partial charge in [0.1, 0.15) is 23.1 Å². The number of halogens is 5. The molecule has 0 N–H and O–H groups in total. The molecule has 10 heteroatoms. The Kier molecular flexibility index (Phi) is 9.43. The summed E-state index contributed by atoms with van der Waals surface area (Å²) in [5.74, 6) is 4.17. The van der Waals surface area contributed by atoms with Crippen molar-refractivity contribution in [2.45, 2.75) is 40.5 Å². The number of carbonyl (C=O) groups is 1. The third-order valence-electron chi connectivity index (χ3n) is 5.48. The van der Waals surface area contributed by atoms with E-state index in [4.69, 9.17) is 9.47 Å². The summed E-state index contributed by atoms with van der Waals surface area (Å²) in [5.41, 5.74) is -0.797. The van der Waals surface area contributed by atoms with E-state index in [0.29, 0.717) is 11.3 Å². The van der Waals surface area contributed by atoms with Crippen LogP contribution in [0.5, 0.6) is 11.5 Å². The average Bonchev–Trinajstić information content (AvgIpc) is 2.93. The molecule has 0 bridgehead atoms. The van der Waals surface area contributed by atoms with Crippen molar-refractivity contribution >= 4 is 16.9 Å². The van der Waals surface area contributed by atoms with Crippen molar-refractivity contribution in [1.29, 1.82) is 0 Å². The number of rotatable bonds is 8. The van der Waals surface area contributed by atoms with Crippen LogP contribution >= 0.6 is 0 Å². The van der Waals surface area contributed by atoms with Crippen LogP contribution in [0.4, 0.5) is 22.0 Å². The maximum atomic E-state index is 13.5. The van der Waals surface area contributed by atoms with E-state index >= 15 is 0 Å². The molecule has 0 aliphatic carbocycles. The third-order valence-corrected chi connectivity index (χ3v) is 7.71. The van der Waals surface area contributed by atoms with Crippen LogP contribution in [0.1, 0.15) is 19.4 Å². The Bertz CT molecular complexity index is 1510. The van der Waals surface area contributed by atoms with Crippen molar-refractivity contribution in [3.8, 4) is 23.3 Å². The summed E-state index contributed by atoms with van der Waals surface area (Å²) in [6, 6.07) is 24.2. The van der Waals surface area contributed by atoms with Crippen molar-refractivity contribution in [2.75, 3.05) is 6.61 Å². The molecular weight excluding hydrogens is 575 g/mol. The highest BCUT2D eigenvalue weighted by atomic mass is 32.2. The zero-order valence-corrected chi connectivity index (χ0v) is 23.2. The Morgan fingerprint density at radius 2 is 1.17 bits per heavy atom. The van der Waals surface area contributed by atoms with Crippen LogP contribution in [0, 0.1) is 23.5 Å². The highest BCUT2D eigenvalue weighted by Gasteiger charge is 2.31. The van der Waals surface area contributed by atoms with E-state index < -0.39 is 35.4 Å². The molecule has 0 saturated heterocycles. The lowest BCUT2D eigenvalue weighted by Crippen LogP contribution is -2.29. The fourth-order valence-electron chi connectivity index (χ4n) is 3.67. The van der Waals surface area contributed by atoms with E-state index in [-0.39, 0.29) is 17.4 Å². The first-order chi connectivity index (χ1) is 19.9. The summed E-state index contributed by atoms with van der Waals surface area (Å²) in [4.78, 5) is 15.0. The summed E-state index contributed by atoms with van der Waals surface area (Å²) in [6.07, 6.45) is -4.79. The predicted octanol–water partition coefficient (Wildman–Crippen LogP) is 7.71. The summed E-state index contributed by atoms with van der Waals surface area (Å²) < 4.78 is 78.8. The van der Waals surface area contributed by atoms with Gasteiger partial charge in [-0.25, -0.2) is 13.6 Å². The van der Waals surface area contributed by atoms with Crippen molar-refractivity contribution in [3.63, 3.8) is 0 Å². The first-order valence-electron chi connectivity index (χ1n) is 12.5. The minimum atomic E-state index is -4.79. The van der Waals surface area contributed by atoms with Gasteiger partial charge in [-0.05, 0) is 111 Å². The smallest absolute Gasteiger partial charge is 0.482 e. The lowest BCUT2D eigenvalue weighted by molar-refractivity contribution is -0.274. The van der Waals surface area contributed by atoms with Crippen LogP contribution in [0.3, 0.4) is 0 Å². The molecule has 4 nitrogen and oxygen atoms in total. The molecule has 0 aromatic heterocycles. The minimum Gasteiger partial charge on any atom is -0.482 e. The second-order valence-corrected chi connectivity index (χ2v) is 11.3. The molecule has 4 aromatic carbocycles. The molecule has 0 unspecified atom stereocenters. The van der Waals surface area contributed by atoms with Crippen LogP contribution < -0.4 is 9.47 Å². The average molecular weight is 600 g/mol. The molecule has 0 spiro atoms. The van der Waals surface area contributed by atoms with Gasteiger partial charge in [0.25, 0.3) is 0 Å². The van der Waals surface area contributed by atoms with Gasteiger partial charge in [0, 0.05) is 5.56 Å². The second kappa shape index (κ2) is 13.0. The molecule has 0 saturated carbocycles. The van der Waals surface area contributed by atoms with Crippen molar-refractivity contribution in [3.05, 3.63) is 114 Å². The molecule has 0 aliphatic rings. The van der Waals surface area contributed by atoms with Crippen LogP contribution in [0.15, 0.2) is 112 Å². The van der Waals surface area contributed by atoms with Gasteiger partial charge in [-0.15, -0.1) is 13.2 Å². The van der Waals surface area contributed by atoms with Crippen LogP contribution in [0.25, 0.3) is 0 Å². The SMILES string of the molecule is CC(C)(C#Cc1ccc(OC(F)(F)F)cc1)OC(=O)COc1ccc([S+](c2ccc(F)cc2)c2ccc(F)cc2)cc1. The normalized spacial score (nSPS) is 11.4. The highest BCUT2D eigenvalue weighted by molar-refractivity contribution is 7.97. The number of ether oxygens (including phenoxy) is 3. The molecule has 0 fully saturated rings. The Morgan fingerprint density at radius 1 is 0.714 bits per heavy atom. The Hall–Kier alpha value is -4.49. The van der Waals surface area contributed by atoms with Gasteiger partial charge in [0.05, 0.1) is 10.9 Å². The van der Waals surface area contributed by atoms with Gasteiger partial charge >= 0.3 is 12.3 Å². The molecule has 0 aliphatic heterocycles. The van der Waals surface area contributed by atoms with E-state index in [9.17, 15) is 26.7 Å². The standard InChI is InChI=1S/C32H24F5O4S/c1-31(2,20-19-22-3-9-26(10-4-22)40-32(35,36)37)41-30(38)21-39-25-11-17-29(18-12-25)42(27-13-5-23(33)6-14-27)28-15-7-24(34)8-16-28/h3-18H,21H2,1-2H3/q+1. The van der Waals surface area contributed by atoms with E-state index in [0.717, 1.165) is 26.8 Å². The molecule has 4 aromatic rings. The first kappa shape index (κ1) is 30.5. The molecule has 0 radical (unpaired) electrons. The van der Waals surface area contributed by atoms with E-state index in [1.807, 2.05) is 12.1 Å². The van der Waals surface area contributed by atoms with Crippen molar-refractivity contribution in [1.82, 2.24) is 0 Å². The lowest BCUT2D eigenvalue weighted by Gasteiger charge is -2.19. The Balaban J connectivity index is 1.37. The highest BCUT2D eigenvalue weighted by Crippen LogP contribution is 2.32. The number of hydrogen-bond acceptors (Lipinski definition) is 4. The predicted molar refractivity (Wildman–Crippen MR) is 147 cm³/mol. The number of carbonyl (C=O) groups excluding carboxylic acids is 1. The van der Waals surface area contributed by atoms with Crippen molar-refractivity contribution in [2.24, 2.45) is 0 Å². The second-order valence-electron chi connectivity index (χ2n) is 9.28. The van der Waals surface area contributed by atoms with Crippen LogP contribution in [-0.4, -0.2) is 24.5 Å². The third kappa shape index (κ3) is 9.01. The molecule has 42 heavy (non-hydrogen) atoms. The van der Waals surface area contributed by atoms with Crippen LogP contribution in [0.2, 0.25) is 0 Å². The molecule has 0 heterocycles. The summed E-state index contributed by atoms with van der Waals surface area (Å²) in [7, 11) is -0.643. The molecule has 0 amide bonds. The molecule has 216 valence electrons. The Labute approximate surface area is 242 Å². The molecule has 4 rings (SSSR count). The van der Waals surface area contributed by atoms with E-state index in [2.05, 4.69) is 16.6 Å². The van der Waals surface area contributed by atoms with Gasteiger partial charge in [-0.2, -0.15) is 0 Å². The van der Waals surface area contributed by atoms with E-state index in [1.165, 1.54) is 36.4 Å². The quantitative estimate of drug-likeness (QED) is 0.0901. The fourth-order valence-corrected chi connectivity index (χ4v) is 5.71. The molecular formula is C32H24F5O4S+. The largest absolute Gasteiger partial charge is 0.573 e. The topological polar surface area (TPSA) is 44.8 Å². The zero-order chi connectivity index (χ0) is 30.3. The summed E-state index contributed by atoms with van der Waals surface area (Å²) in [6.45, 7) is 2.75. The molecule has 0 atom stereocenters. The minimum absolute atomic E-state index is 0.361. The monoisotopic (exact) mass is 599 g/mol. The van der Waals surface area contributed by atoms with E-state index in [1.54, 1.807) is 50.2 Å². The number of benzene rings is 4. The lowest BCUT2D eigenvalue weighted by atomic mass is 10.1. The summed E-state index contributed by atoms with van der Waals surface area (Å²) >= 11 is 0. The summed E-state index contributed by atoms with van der Waals surface area (Å²) in [5, 5.41) is 0. The number of esters is 1. The van der Waals surface area contributed by atoms with Gasteiger partial charge in [0.2, 0.25) is 0 Å². The van der Waals surface area contributed by atoms with Crippen molar-refractivity contribution < 1.29 is 41.0 Å². The van der Waals surface area contributed by atoms with Gasteiger partial charge < -0.3 is 14.2 Å². The first-order valence-corrected chi connectivity index (χ1v) is 13.7. The Morgan fingerprint density at radius 3 is 1.64 bits per heavy atom. The zero-order valence-electron chi connectivity index (χ0n) is 22.4. The number of alkyl halides is 3.